The van der Waals surface area contributed by atoms with Crippen molar-refractivity contribution >= 4 is 60.2 Å². The fraction of sp³-hybridized carbons (Fsp3) is 0.0455. The summed E-state index contributed by atoms with van der Waals surface area (Å²) in [5.74, 6) is 2.04. The first-order chi connectivity index (χ1) is 24.1. The van der Waals surface area contributed by atoms with Gasteiger partial charge in [-0.25, -0.2) is 4.98 Å². The van der Waals surface area contributed by atoms with Crippen molar-refractivity contribution < 1.29 is 25.8 Å². The molecule has 0 aliphatic rings. The Morgan fingerprint density at radius 1 is 0.600 bits per heavy atom. The first-order valence-corrected chi connectivity index (χ1v) is 16.4. The molecule has 10 rings (SSSR count). The number of hydrogen-bond donors (Lipinski definition) is 0. The number of imidazole rings is 1. The van der Waals surface area contributed by atoms with Gasteiger partial charge in [0.15, 0.2) is 0 Å². The second-order valence-corrected chi connectivity index (χ2v) is 12.6. The van der Waals surface area contributed by atoms with Crippen molar-refractivity contribution in [2.24, 2.45) is 0 Å². The van der Waals surface area contributed by atoms with E-state index in [0.717, 1.165) is 66.0 Å². The Kier molecular flexibility index (Phi) is 7.08. The van der Waals surface area contributed by atoms with Gasteiger partial charge in [0.1, 0.15) is 5.82 Å². The number of fused-ring (bicyclic) bond motifs is 11. The van der Waals surface area contributed by atoms with E-state index in [-0.39, 0.29) is 21.1 Å². The second kappa shape index (κ2) is 11.7. The van der Waals surface area contributed by atoms with Crippen molar-refractivity contribution in [3.8, 4) is 28.4 Å². The molecule has 5 nitrogen and oxygen atoms in total. The van der Waals surface area contributed by atoms with E-state index in [1.165, 1.54) is 22.3 Å². The zero-order chi connectivity index (χ0) is 32.6. The van der Waals surface area contributed by atoms with Gasteiger partial charge in [0.25, 0.3) is 0 Å². The summed E-state index contributed by atoms with van der Waals surface area (Å²) in [6, 6.07) is 51.2. The number of nitrogens with zero attached hydrogens (tertiary/aromatic N) is 4. The van der Waals surface area contributed by atoms with E-state index in [4.69, 9.17) is 9.72 Å². The fourth-order valence-electron chi connectivity index (χ4n) is 7.57. The summed E-state index contributed by atoms with van der Waals surface area (Å²) < 4.78 is 11.0. The largest absolute Gasteiger partial charge is 2.00 e. The van der Waals surface area contributed by atoms with Crippen LogP contribution in [-0.2, 0) is 21.1 Å². The van der Waals surface area contributed by atoms with Crippen molar-refractivity contribution in [1.29, 1.82) is 0 Å². The van der Waals surface area contributed by atoms with Crippen LogP contribution >= 0.6 is 0 Å². The van der Waals surface area contributed by atoms with Gasteiger partial charge in [-0.1, -0.05) is 95.2 Å². The molecule has 0 bridgehead atoms. The maximum absolute atomic E-state index is 6.56. The smallest absolute Gasteiger partial charge is 0.503 e. The standard InChI is InChI=1S/C44H28N4O.Pt/c1-27-11-9-12-28(2)42(27)35-15-10-14-34-31-22-20-29(25-36(31)44-46-37-16-4-6-18-39(37)48(44)43(34)35)49-30-21-23-33-32-13-3-5-17-38(32)47(40(33)26-30)41-19-7-8-24-45-41;/h3-24H,1-2H3;/q-2;+2. The summed E-state index contributed by atoms with van der Waals surface area (Å²) in [7, 11) is 0. The first kappa shape index (κ1) is 30.3. The van der Waals surface area contributed by atoms with Gasteiger partial charge in [-0.05, 0) is 71.6 Å². The molecule has 240 valence electrons. The monoisotopic (exact) mass is 823 g/mol. The van der Waals surface area contributed by atoms with E-state index in [1.54, 1.807) is 0 Å². The minimum Gasteiger partial charge on any atom is -0.503 e. The zero-order valence-corrected chi connectivity index (χ0v) is 29.5. The van der Waals surface area contributed by atoms with Crippen molar-refractivity contribution in [3.63, 3.8) is 0 Å². The molecule has 0 amide bonds. The predicted molar refractivity (Wildman–Crippen MR) is 199 cm³/mol. The van der Waals surface area contributed by atoms with Crippen LogP contribution in [0.25, 0.3) is 77.1 Å². The molecule has 50 heavy (non-hydrogen) atoms. The van der Waals surface area contributed by atoms with Crippen molar-refractivity contribution in [2.75, 3.05) is 0 Å². The normalized spacial score (nSPS) is 11.6. The third kappa shape index (κ3) is 4.50. The molecule has 6 aromatic carbocycles. The van der Waals surface area contributed by atoms with Crippen LogP contribution < -0.4 is 4.74 Å². The van der Waals surface area contributed by atoms with Gasteiger partial charge in [0.2, 0.25) is 0 Å². The number of benzene rings is 6. The Hall–Kier alpha value is -5.77. The topological polar surface area (TPSA) is 44.3 Å². The molecule has 0 saturated carbocycles. The summed E-state index contributed by atoms with van der Waals surface area (Å²) in [6.07, 6.45) is 1.81. The summed E-state index contributed by atoms with van der Waals surface area (Å²) >= 11 is 0. The van der Waals surface area contributed by atoms with Crippen LogP contribution in [0.5, 0.6) is 11.5 Å². The SMILES string of the molecule is Cc1cccc(C)c1-c1cccc2c3ccc(Oc4[c-]c5c(cc4)c4ccccc4n5-c4ccccn4)[c-]c3c3nc4ccccc4n3c12.[Pt+2]. The van der Waals surface area contributed by atoms with E-state index in [1.807, 2.05) is 42.6 Å². The first-order valence-electron chi connectivity index (χ1n) is 16.4. The molecule has 0 fully saturated rings. The molecule has 0 N–H and O–H groups in total. The third-order valence-electron chi connectivity index (χ3n) is 9.66. The number of rotatable bonds is 4. The summed E-state index contributed by atoms with van der Waals surface area (Å²) in [4.78, 5) is 9.85. The van der Waals surface area contributed by atoms with E-state index < -0.39 is 0 Å². The maximum Gasteiger partial charge on any atom is 2.00 e. The van der Waals surface area contributed by atoms with Crippen LogP contribution in [0.2, 0.25) is 0 Å². The molecule has 0 spiro atoms. The molecule has 0 unspecified atom stereocenters. The molecular formula is C44H28N4OPt. The van der Waals surface area contributed by atoms with Gasteiger partial charge in [-0.2, -0.15) is 6.07 Å². The van der Waals surface area contributed by atoms with Crippen LogP contribution in [0.1, 0.15) is 11.1 Å². The number of aromatic nitrogens is 4. The molecule has 10 aromatic rings. The Morgan fingerprint density at radius 3 is 2.12 bits per heavy atom. The van der Waals surface area contributed by atoms with Gasteiger partial charge in [-0.3, -0.25) is 4.98 Å². The Morgan fingerprint density at radius 2 is 1.30 bits per heavy atom. The van der Waals surface area contributed by atoms with Crippen LogP contribution in [0, 0.1) is 26.0 Å². The minimum atomic E-state index is 0. The molecule has 6 heteroatoms. The molecule has 4 aromatic heterocycles. The van der Waals surface area contributed by atoms with Gasteiger partial charge < -0.3 is 13.7 Å². The van der Waals surface area contributed by atoms with E-state index in [2.05, 4.69) is 131 Å². The third-order valence-corrected chi connectivity index (χ3v) is 9.66. The zero-order valence-electron chi connectivity index (χ0n) is 27.2. The van der Waals surface area contributed by atoms with Crippen LogP contribution in [-0.4, -0.2) is 18.9 Å². The summed E-state index contributed by atoms with van der Waals surface area (Å²) in [5.41, 5.74) is 10.9. The van der Waals surface area contributed by atoms with Gasteiger partial charge in [0, 0.05) is 34.3 Å². The second-order valence-electron chi connectivity index (χ2n) is 12.6. The number of para-hydroxylation sites is 4. The van der Waals surface area contributed by atoms with Gasteiger partial charge in [-0.15, -0.1) is 29.7 Å². The number of ether oxygens (including phenoxy) is 1. The Balaban J connectivity index is 0.00000336. The summed E-state index contributed by atoms with van der Waals surface area (Å²) in [6.45, 7) is 4.38. The average molecular weight is 824 g/mol. The molecule has 4 heterocycles. The van der Waals surface area contributed by atoms with Gasteiger partial charge >= 0.3 is 21.1 Å². The number of aryl methyl sites for hydroxylation is 2. The van der Waals surface area contributed by atoms with E-state index >= 15 is 0 Å². The molecule has 0 aliphatic carbocycles. The quantitative estimate of drug-likeness (QED) is 0.131. The molecule has 0 saturated heterocycles. The van der Waals surface area contributed by atoms with E-state index in [9.17, 15) is 0 Å². The van der Waals surface area contributed by atoms with Crippen molar-refractivity contribution in [1.82, 2.24) is 18.9 Å². The van der Waals surface area contributed by atoms with Crippen LogP contribution in [0.4, 0.5) is 0 Å². The van der Waals surface area contributed by atoms with E-state index in [0.29, 0.717) is 11.5 Å². The van der Waals surface area contributed by atoms with Gasteiger partial charge in [0.05, 0.1) is 16.7 Å². The Bertz CT molecular complexity index is 2920. The molecule has 0 atom stereocenters. The predicted octanol–water partition coefficient (Wildman–Crippen LogP) is 11.0. The number of hydrogen-bond acceptors (Lipinski definition) is 3. The maximum atomic E-state index is 6.56. The fourth-order valence-corrected chi connectivity index (χ4v) is 7.57. The van der Waals surface area contributed by atoms with Crippen LogP contribution in [0.3, 0.4) is 0 Å². The summed E-state index contributed by atoms with van der Waals surface area (Å²) in [5, 5.41) is 5.36. The molecule has 0 aliphatic heterocycles. The van der Waals surface area contributed by atoms with Crippen molar-refractivity contribution in [2.45, 2.75) is 13.8 Å². The van der Waals surface area contributed by atoms with Crippen molar-refractivity contribution in [3.05, 3.63) is 157 Å². The number of pyridine rings is 2. The molecule has 0 radical (unpaired) electrons. The average Bonchev–Trinajstić information content (AvgIpc) is 3.68. The Labute approximate surface area is 302 Å². The molecular weight excluding hydrogens is 796 g/mol. The minimum absolute atomic E-state index is 0. The van der Waals surface area contributed by atoms with Crippen LogP contribution in [0.15, 0.2) is 134 Å².